The molecule has 0 aromatic carbocycles. The van der Waals surface area contributed by atoms with Crippen LogP contribution in [0.25, 0.3) is 0 Å². The van der Waals surface area contributed by atoms with Crippen LogP contribution in [0.1, 0.15) is 305 Å². The van der Waals surface area contributed by atoms with Gasteiger partial charge in [0, 0.05) is 25.7 Å². The monoisotopic (exact) mass is 891 g/mol. The molecule has 4 unspecified atom stereocenters. The number of hydrogen-bond acceptors (Lipinski definition) is 8. The van der Waals surface area contributed by atoms with Crippen LogP contribution in [0.3, 0.4) is 0 Å². The molecule has 8 heteroatoms. The molecule has 0 amide bonds. The minimum atomic E-state index is -0.138. The van der Waals surface area contributed by atoms with Gasteiger partial charge in [0.1, 0.15) is 23.4 Å². The maximum Gasteiger partial charge on any atom is 0.306 e. The number of ether oxygens (including phenoxy) is 4. The zero-order valence-corrected chi connectivity index (χ0v) is 42.4. The first-order chi connectivity index (χ1) is 30.5. The topological polar surface area (TPSA) is 105 Å². The van der Waals surface area contributed by atoms with Crippen LogP contribution in [0.2, 0.25) is 0 Å². The Kier molecular flexibility index (Phi) is 36.5. The summed E-state index contributed by atoms with van der Waals surface area (Å²) < 4.78 is 21.2. The van der Waals surface area contributed by atoms with Gasteiger partial charge in [0.05, 0.1) is 0 Å². The first kappa shape index (κ1) is 58.9. The summed E-state index contributed by atoms with van der Waals surface area (Å²) >= 11 is 0. The molecule has 370 valence electrons. The number of carbonyl (C=O) groups is 4. The van der Waals surface area contributed by atoms with Crippen molar-refractivity contribution in [3.05, 3.63) is 0 Å². The highest BCUT2D eigenvalue weighted by atomic mass is 16.6. The third-order valence-electron chi connectivity index (χ3n) is 13.5. The maximum absolute atomic E-state index is 11.1. The number of esters is 4. The van der Waals surface area contributed by atoms with Gasteiger partial charge in [-0.1, -0.05) is 182 Å². The van der Waals surface area contributed by atoms with Gasteiger partial charge in [0.25, 0.3) is 0 Å². The average molecular weight is 891 g/mol. The number of hydrogen-bond donors (Lipinski definition) is 0. The second-order valence-corrected chi connectivity index (χ2v) is 20.1. The number of carbonyl (C=O) groups excluding carboxylic acids is 4. The van der Waals surface area contributed by atoms with Crippen LogP contribution in [0.15, 0.2) is 0 Å². The van der Waals surface area contributed by atoms with Crippen molar-refractivity contribution in [1.82, 2.24) is 0 Å². The van der Waals surface area contributed by atoms with E-state index >= 15 is 0 Å². The molecule has 0 aromatic rings. The normalized spacial score (nSPS) is 22.8. The van der Waals surface area contributed by atoms with E-state index in [0.717, 1.165) is 57.8 Å². The Balaban J connectivity index is 0.000000420. The average Bonchev–Trinajstić information content (AvgIpc) is 3.96. The third kappa shape index (κ3) is 33.9. The Morgan fingerprint density at radius 1 is 0.381 bits per heavy atom. The van der Waals surface area contributed by atoms with E-state index in [4.69, 9.17) is 18.9 Å². The van der Waals surface area contributed by atoms with Crippen molar-refractivity contribution in [2.75, 3.05) is 0 Å². The number of rotatable bonds is 32. The first-order valence-corrected chi connectivity index (χ1v) is 27.3. The highest BCUT2D eigenvalue weighted by Crippen LogP contribution is 2.32. The molecule has 0 N–H and O–H groups in total. The lowest BCUT2D eigenvalue weighted by Gasteiger charge is -2.22. The van der Waals surface area contributed by atoms with Crippen LogP contribution < -0.4 is 0 Å². The molecule has 63 heavy (non-hydrogen) atoms. The summed E-state index contributed by atoms with van der Waals surface area (Å²) in [6.45, 7) is 13.1. The molecule has 4 aliphatic rings. The predicted octanol–water partition coefficient (Wildman–Crippen LogP) is 16.5. The van der Waals surface area contributed by atoms with E-state index in [9.17, 15) is 19.2 Å². The third-order valence-corrected chi connectivity index (χ3v) is 13.5. The zero-order valence-electron chi connectivity index (χ0n) is 42.4. The summed E-state index contributed by atoms with van der Waals surface area (Å²) in [6, 6.07) is 0. The molecule has 8 nitrogen and oxygen atoms in total. The van der Waals surface area contributed by atoms with E-state index in [1.165, 1.54) is 180 Å². The lowest BCUT2D eigenvalue weighted by molar-refractivity contribution is -0.154. The van der Waals surface area contributed by atoms with E-state index in [0.29, 0.717) is 25.7 Å². The molecule has 4 aliphatic heterocycles. The Hall–Kier alpha value is -2.12. The zero-order chi connectivity index (χ0) is 46.3. The summed E-state index contributed by atoms with van der Waals surface area (Å²) in [7, 11) is 0. The molecule has 0 aromatic heterocycles. The molecule has 4 atom stereocenters. The van der Waals surface area contributed by atoms with Gasteiger partial charge in [0.2, 0.25) is 0 Å². The molecule has 4 saturated heterocycles. The van der Waals surface area contributed by atoms with Gasteiger partial charge in [-0.15, -0.1) is 0 Å². The van der Waals surface area contributed by atoms with Crippen LogP contribution in [0.5, 0.6) is 0 Å². The van der Waals surface area contributed by atoms with Crippen molar-refractivity contribution in [2.24, 2.45) is 0 Å². The summed E-state index contributed by atoms with van der Waals surface area (Å²) in [6.07, 6.45) is 49.3. The second kappa shape index (κ2) is 39.1. The highest BCUT2D eigenvalue weighted by molar-refractivity contribution is 5.72. The highest BCUT2D eigenvalue weighted by Gasteiger charge is 2.35. The van der Waals surface area contributed by atoms with E-state index in [1.807, 2.05) is 0 Å². The smallest absolute Gasteiger partial charge is 0.306 e. The second-order valence-electron chi connectivity index (χ2n) is 20.1. The first-order valence-electron chi connectivity index (χ1n) is 27.3. The van der Waals surface area contributed by atoms with Gasteiger partial charge in [-0.2, -0.15) is 0 Å². The van der Waals surface area contributed by atoms with E-state index in [-0.39, 0.29) is 47.3 Å². The largest absolute Gasteiger partial charge is 0.462 e. The molecule has 0 bridgehead atoms. The molecule has 0 saturated carbocycles. The number of unbranched alkanes of at least 4 members (excludes halogenated alkanes) is 24. The molecule has 0 radical (unpaired) electrons. The lowest BCUT2D eigenvalue weighted by Crippen LogP contribution is -2.23. The standard InChI is InChI=1S/3C14H26O2.C13H24O2/c1-3-4-5-6-7-8-9-11-14(2)12-10-13(15)16-14;1-2-3-4-5-6-7-8-10-13-11-9-12-14(15)16-13;1-2-3-4-5-6-7-8-9-10-13-11-12-14(15)16-13;1-3-4-5-6-7-8-10-13(2)11-9-12(14)15-13/h3-12H2,1-2H3;2*13H,2-12H2,1H3;3-11H2,1-2H3. The van der Waals surface area contributed by atoms with Crippen molar-refractivity contribution < 1.29 is 38.1 Å². The van der Waals surface area contributed by atoms with Crippen LogP contribution in [-0.2, 0) is 38.1 Å². The summed E-state index contributed by atoms with van der Waals surface area (Å²) in [4.78, 5) is 44.0. The van der Waals surface area contributed by atoms with Gasteiger partial charge in [0.15, 0.2) is 0 Å². The molecule has 0 aliphatic carbocycles. The minimum Gasteiger partial charge on any atom is -0.462 e. The van der Waals surface area contributed by atoms with Crippen molar-refractivity contribution in [2.45, 2.75) is 328 Å². The minimum absolute atomic E-state index is 0.00423. The summed E-state index contributed by atoms with van der Waals surface area (Å²) in [5.41, 5.74) is -0.275. The van der Waals surface area contributed by atoms with Crippen molar-refractivity contribution in [3.63, 3.8) is 0 Å². The van der Waals surface area contributed by atoms with Crippen LogP contribution in [-0.4, -0.2) is 47.3 Å². The van der Waals surface area contributed by atoms with E-state index in [2.05, 4.69) is 41.5 Å². The van der Waals surface area contributed by atoms with Crippen molar-refractivity contribution in [1.29, 1.82) is 0 Å². The van der Waals surface area contributed by atoms with E-state index in [1.54, 1.807) is 0 Å². The van der Waals surface area contributed by atoms with Crippen LogP contribution in [0.4, 0.5) is 0 Å². The number of cyclic esters (lactones) is 4. The lowest BCUT2D eigenvalue weighted by atomic mass is 9.95. The Bertz CT molecular complexity index is 1140. The van der Waals surface area contributed by atoms with Crippen molar-refractivity contribution >= 4 is 23.9 Å². The fraction of sp³-hybridized carbons (Fsp3) is 0.927. The quantitative estimate of drug-likeness (QED) is 0.0374. The van der Waals surface area contributed by atoms with Gasteiger partial charge in [-0.25, -0.2) is 0 Å². The fourth-order valence-electron chi connectivity index (χ4n) is 9.18. The van der Waals surface area contributed by atoms with Gasteiger partial charge in [-0.05, 0) is 97.3 Å². The fourth-order valence-corrected chi connectivity index (χ4v) is 9.18. The van der Waals surface area contributed by atoms with Gasteiger partial charge in [-0.3, -0.25) is 19.2 Å². The van der Waals surface area contributed by atoms with Gasteiger partial charge < -0.3 is 18.9 Å². The molecular weight excluding hydrogens is 789 g/mol. The Labute approximate surface area is 389 Å². The maximum atomic E-state index is 11.1. The van der Waals surface area contributed by atoms with Crippen molar-refractivity contribution in [3.8, 4) is 0 Å². The predicted molar refractivity (Wildman–Crippen MR) is 261 cm³/mol. The summed E-state index contributed by atoms with van der Waals surface area (Å²) in [5.74, 6) is -0.00214. The Morgan fingerprint density at radius 3 is 1.02 bits per heavy atom. The van der Waals surface area contributed by atoms with Gasteiger partial charge >= 0.3 is 23.9 Å². The molecule has 4 heterocycles. The SMILES string of the molecule is CCCCCCCCC1(C)CCC(=O)O1.CCCCCCCCCC1(C)CCC(=O)O1.CCCCCCCCCC1CCCC(=O)O1.CCCCCCCCCCC1CCC(=O)O1. The van der Waals surface area contributed by atoms with Crippen LogP contribution >= 0.6 is 0 Å². The Morgan fingerprint density at radius 2 is 0.698 bits per heavy atom. The molecule has 4 rings (SSSR count). The molecule has 4 fully saturated rings. The van der Waals surface area contributed by atoms with Crippen LogP contribution in [0, 0.1) is 0 Å². The van der Waals surface area contributed by atoms with E-state index < -0.39 is 0 Å². The molecular formula is C55H102O8. The molecule has 0 spiro atoms. The summed E-state index contributed by atoms with van der Waals surface area (Å²) in [5, 5.41) is 0.